The van der Waals surface area contributed by atoms with Crippen LogP contribution in [0.25, 0.3) is 11.1 Å². The van der Waals surface area contributed by atoms with E-state index in [2.05, 4.69) is 5.10 Å². The van der Waals surface area contributed by atoms with E-state index < -0.39 is 16.9 Å². The van der Waals surface area contributed by atoms with Crippen LogP contribution >= 0.6 is 7.05 Å². The maximum absolute atomic E-state index is 13.5. The van der Waals surface area contributed by atoms with Crippen LogP contribution < -0.4 is 15.9 Å². The molecule has 0 fully saturated rings. The molecular weight excluding hydrogens is 495 g/mol. The Hall–Kier alpha value is -4.05. The lowest BCUT2D eigenvalue weighted by molar-refractivity contribution is 0.608. The van der Waals surface area contributed by atoms with E-state index in [0.717, 1.165) is 27.0 Å². The van der Waals surface area contributed by atoms with E-state index in [4.69, 9.17) is 4.85 Å². The minimum atomic E-state index is -3.88. The summed E-state index contributed by atoms with van der Waals surface area (Å²) in [5.41, 5.74) is 2.44. The Kier molecular flexibility index (Phi) is 7.27. The van der Waals surface area contributed by atoms with Crippen LogP contribution in [0.3, 0.4) is 0 Å². The molecular formula is C31H25N2O2PS. The number of hydrogen-bond acceptors (Lipinski definition) is 3. The highest BCUT2D eigenvalue weighted by Gasteiger charge is 2.27. The van der Waals surface area contributed by atoms with Crippen molar-refractivity contribution >= 4 is 38.4 Å². The van der Waals surface area contributed by atoms with Crippen molar-refractivity contribution in [3.8, 4) is 11.1 Å². The van der Waals surface area contributed by atoms with Gasteiger partial charge < -0.3 is 0 Å². The van der Waals surface area contributed by atoms with Gasteiger partial charge in [-0.05, 0) is 11.6 Å². The molecule has 0 aromatic heterocycles. The van der Waals surface area contributed by atoms with Crippen molar-refractivity contribution in [1.29, 1.82) is 0 Å². The van der Waals surface area contributed by atoms with Crippen LogP contribution in [0.5, 0.6) is 0 Å². The molecule has 0 radical (unpaired) electrons. The van der Waals surface area contributed by atoms with Crippen molar-refractivity contribution in [2.45, 2.75) is 4.90 Å². The van der Waals surface area contributed by atoms with E-state index in [1.165, 1.54) is 0 Å². The summed E-state index contributed by atoms with van der Waals surface area (Å²) in [4.78, 5) is 5.08. The number of hydrogen-bond donors (Lipinski definition) is 0. The molecule has 0 saturated carbocycles. The molecule has 5 aromatic carbocycles. The van der Waals surface area contributed by atoms with Crippen molar-refractivity contribution in [2.24, 2.45) is 9.96 Å². The Morgan fingerprint density at radius 1 is 0.514 bits per heavy atom. The molecule has 0 aliphatic carbocycles. The Morgan fingerprint density at radius 2 is 0.919 bits per heavy atom. The van der Waals surface area contributed by atoms with E-state index in [1.807, 2.05) is 133 Å². The monoisotopic (exact) mass is 520 g/mol. The zero-order valence-electron chi connectivity index (χ0n) is 20.0. The second kappa shape index (κ2) is 10.9. The maximum Gasteiger partial charge on any atom is 0.219 e. The zero-order valence-corrected chi connectivity index (χ0v) is 21.7. The van der Waals surface area contributed by atoms with Crippen molar-refractivity contribution in [3.63, 3.8) is 0 Å². The van der Waals surface area contributed by atoms with Gasteiger partial charge in [0.2, 0.25) is 9.84 Å². The van der Waals surface area contributed by atoms with Gasteiger partial charge in [0.1, 0.15) is 5.55 Å². The highest BCUT2D eigenvalue weighted by atomic mass is 32.2. The van der Waals surface area contributed by atoms with Crippen LogP contribution in [0.4, 0.5) is 0 Å². The third-order valence-corrected chi connectivity index (χ3v) is 10.9. The summed E-state index contributed by atoms with van der Waals surface area (Å²) in [5, 5.41) is 7.29. The number of rotatable bonds is 7. The van der Waals surface area contributed by atoms with E-state index >= 15 is 0 Å². The van der Waals surface area contributed by atoms with Crippen LogP contribution in [-0.2, 0) is 9.84 Å². The van der Waals surface area contributed by atoms with E-state index in [-0.39, 0.29) is 4.90 Å². The minimum Gasteiger partial charge on any atom is -0.217 e. The van der Waals surface area contributed by atoms with Gasteiger partial charge in [-0.15, -0.1) is 5.10 Å². The normalized spacial score (nSPS) is 11.9. The standard InChI is InChI=1S/C31H25N2O2PS/c34-37(35,31-24-14-13-23-30(31)26-15-5-1-6-16-26)25-32-33-36(27-17-7-2-8-18-27,28-19-9-3-10-20-28)29-21-11-4-12-22-29/h1-25H/b32-25-. The molecule has 0 aliphatic rings. The molecule has 0 spiro atoms. The molecule has 0 atom stereocenters. The van der Waals surface area contributed by atoms with Gasteiger partial charge in [-0.2, -0.15) is 4.85 Å². The first-order valence-electron chi connectivity index (χ1n) is 11.8. The van der Waals surface area contributed by atoms with Gasteiger partial charge in [0.25, 0.3) is 0 Å². The van der Waals surface area contributed by atoms with Crippen molar-refractivity contribution in [1.82, 2.24) is 0 Å². The number of nitrogens with zero attached hydrogens (tertiary/aromatic N) is 2. The van der Waals surface area contributed by atoms with Crippen LogP contribution in [0.1, 0.15) is 0 Å². The van der Waals surface area contributed by atoms with Gasteiger partial charge in [0.15, 0.2) is 0 Å². The highest BCUT2D eigenvalue weighted by Crippen LogP contribution is 2.46. The Labute approximate surface area is 218 Å². The molecule has 5 rings (SSSR count). The summed E-state index contributed by atoms with van der Waals surface area (Å²) in [5.74, 6) is 0. The Morgan fingerprint density at radius 3 is 1.41 bits per heavy atom. The molecule has 5 aromatic rings. The molecule has 6 heteroatoms. The largest absolute Gasteiger partial charge is 0.219 e. The van der Waals surface area contributed by atoms with Crippen LogP contribution in [0, 0.1) is 0 Å². The summed E-state index contributed by atoms with van der Waals surface area (Å²) >= 11 is 0. The smallest absolute Gasteiger partial charge is 0.217 e. The number of sulfone groups is 1. The van der Waals surface area contributed by atoms with Gasteiger partial charge in [-0.1, -0.05) is 140 Å². The lowest BCUT2D eigenvalue weighted by atomic mass is 10.1. The van der Waals surface area contributed by atoms with Crippen LogP contribution in [0.15, 0.2) is 160 Å². The van der Waals surface area contributed by atoms with Crippen LogP contribution in [-0.4, -0.2) is 14.0 Å². The quantitative estimate of drug-likeness (QED) is 0.110. The summed E-state index contributed by atoms with van der Waals surface area (Å²) in [6.07, 6.45) is 0. The summed E-state index contributed by atoms with van der Waals surface area (Å²) in [6.45, 7) is 0. The molecule has 0 heterocycles. The third-order valence-electron chi connectivity index (χ3n) is 6.04. The molecule has 182 valence electrons. The van der Waals surface area contributed by atoms with Gasteiger partial charge >= 0.3 is 0 Å². The average Bonchev–Trinajstić information content (AvgIpc) is 2.97. The molecule has 0 N–H and O–H groups in total. The first-order valence-corrected chi connectivity index (χ1v) is 15.1. The fourth-order valence-corrected chi connectivity index (χ4v) is 8.66. The molecule has 0 unspecified atom stereocenters. The molecule has 4 nitrogen and oxygen atoms in total. The third kappa shape index (κ3) is 5.10. The maximum atomic E-state index is 13.5. The van der Waals surface area contributed by atoms with Gasteiger partial charge in [0, 0.05) is 21.5 Å². The van der Waals surface area contributed by atoms with Crippen molar-refractivity contribution < 1.29 is 8.42 Å². The predicted octanol–water partition coefficient (Wildman–Crippen LogP) is 6.25. The van der Waals surface area contributed by atoms with Gasteiger partial charge in [0.05, 0.1) is 11.9 Å². The highest BCUT2D eigenvalue weighted by molar-refractivity contribution is 8.04. The Balaban J connectivity index is 1.70. The lowest BCUT2D eigenvalue weighted by Gasteiger charge is -2.25. The van der Waals surface area contributed by atoms with E-state index in [1.54, 1.807) is 12.1 Å². The topological polar surface area (TPSA) is 58.9 Å². The second-order valence-electron chi connectivity index (χ2n) is 8.36. The SMILES string of the molecule is O=S(=O)(/C=N\N=P(c1ccccc1)(c1ccccc1)c1ccccc1)c1ccccc1-c1ccccc1. The fourth-order valence-electron chi connectivity index (χ4n) is 4.32. The fraction of sp³-hybridized carbons (Fsp3) is 0. The van der Waals surface area contributed by atoms with E-state index in [0.29, 0.717) is 5.56 Å². The first kappa shape index (κ1) is 24.6. The minimum absolute atomic E-state index is 0.197. The second-order valence-corrected chi connectivity index (χ2v) is 13.1. The van der Waals surface area contributed by atoms with Crippen molar-refractivity contribution in [3.05, 3.63) is 146 Å². The Bertz CT molecular complexity index is 1570. The molecule has 0 saturated heterocycles. The summed E-state index contributed by atoms with van der Waals surface area (Å²) in [6, 6.07) is 46.4. The van der Waals surface area contributed by atoms with Crippen LogP contribution in [0.2, 0.25) is 0 Å². The van der Waals surface area contributed by atoms with Crippen molar-refractivity contribution in [2.75, 3.05) is 0 Å². The first-order chi connectivity index (χ1) is 18.1. The molecule has 37 heavy (non-hydrogen) atoms. The zero-order chi connectivity index (χ0) is 25.6. The van der Waals surface area contributed by atoms with Gasteiger partial charge in [-0.25, -0.2) is 8.42 Å². The molecule has 0 amide bonds. The number of benzene rings is 5. The summed E-state index contributed by atoms with van der Waals surface area (Å²) < 4.78 is 27.0. The predicted molar refractivity (Wildman–Crippen MR) is 155 cm³/mol. The lowest BCUT2D eigenvalue weighted by Crippen LogP contribution is -2.25. The molecule has 0 aliphatic heterocycles. The average molecular weight is 521 g/mol. The summed E-state index contributed by atoms with van der Waals surface area (Å²) in [7, 11) is -6.51. The van der Waals surface area contributed by atoms with Gasteiger partial charge in [-0.3, -0.25) is 0 Å². The molecule has 0 bridgehead atoms. The van der Waals surface area contributed by atoms with E-state index in [9.17, 15) is 8.42 Å².